The lowest BCUT2D eigenvalue weighted by Crippen LogP contribution is -2.47. The lowest BCUT2D eigenvalue weighted by molar-refractivity contribution is 0.0177. The molecule has 1 aliphatic rings. The maximum Gasteiger partial charge on any atom is 0.0716 e. The van der Waals surface area contributed by atoms with Gasteiger partial charge in [0.15, 0.2) is 0 Å². The van der Waals surface area contributed by atoms with Crippen LogP contribution in [0.15, 0.2) is 0 Å². The minimum absolute atomic E-state index is 0.418. The van der Waals surface area contributed by atoms with Crippen molar-refractivity contribution in [1.82, 2.24) is 0 Å². The fourth-order valence-corrected chi connectivity index (χ4v) is 1.18. The second-order valence-electron chi connectivity index (χ2n) is 2.64. The van der Waals surface area contributed by atoms with Crippen molar-refractivity contribution in [3.8, 4) is 0 Å². The van der Waals surface area contributed by atoms with Gasteiger partial charge in [-0.25, -0.2) is 0 Å². The molecule has 1 saturated carbocycles. The largest absolute Gasteiger partial charge is 0.391 e. The lowest BCUT2D eigenvalue weighted by Gasteiger charge is -2.28. The number of rotatable bonds is 0. The highest BCUT2D eigenvalue weighted by Crippen LogP contribution is 2.16. The highest BCUT2D eigenvalue weighted by atomic mass is 16.3. The predicted octanol–water partition coefficient (Wildman–Crippen LogP) is -0.781. The van der Waals surface area contributed by atoms with Crippen molar-refractivity contribution in [2.45, 2.75) is 37.5 Å². The molecule has 0 aromatic heterocycles. The Morgan fingerprint density at radius 1 is 1.11 bits per heavy atom. The number of aliphatic hydroxyl groups excluding tert-OH is 2. The first-order valence-corrected chi connectivity index (χ1v) is 3.33. The molecule has 0 aromatic carbocycles. The average molecular weight is 131 g/mol. The van der Waals surface area contributed by atoms with E-state index in [1.54, 1.807) is 0 Å². The molecule has 54 valence electrons. The Morgan fingerprint density at radius 2 is 1.56 bits per heavy atom. The Hall–Kier alpha value is -0.120. The normalized spacial score (nSPS) is 45.0. The van der Waals surface area contributed by atoms with Gasteiger partial charge in [0.1, 0.15) is 0 Å². The van der Waals surface area contributed by atoms with Gasteiger partial charge in [0.05, 0.1) is 18.2 Å². The van der Waals surface area contributed by atoms with Crippen molar-refractivity contribution >= 4 is 0 Å². The monoisotopic (exact) mass is 131 g/mol. The van der Waals surface area contributed by atoms with Crippen LogP contribution in [0.3, 0.4) is 0 Å². The topological polar surface area (TPSA) is 66.5 Å². The van der Waals surface area contributed by atoms with E-state index in [0.717, 1.165) is 19.3 Å². The molecule has 0 saturated heterocycles. The predicted molar refractivity (Wildman–Crippen MR) is 33.8 cm³/mol. The van der Waals surface area contributed by atoms with Gasteiger partial charge < -0.3 is 15.9 Å². The van der Waals surface area contributed by atoms with Gasteiger partial charge >= 0.3 is 0 Å². The first-order chi connectivity index (χ1) is 4.22. The van der Waals surface area contributed by atoms with Gasteiger partial charge in [-0.1, -0.05) is 0 Å². The molecule has 0 aromatic rings. The number of hydrogen-bond donors (Lipinski definition) is 3. The average Bonchev–Trinajstić information content (AvgIpc) is 1.83. The summed E-state index contributed by atoms with van der Waals surface area (Å²) >= 11 is 0. The van der Waals surface area contributed by atoms with Crippen LogP contribution >= 0.6 is 0 Å². The Morgan fingerprint density at radius 3 is 1.89 bits per heavy atom. The first kappa shape index (κ1) is 6.99. The molecule has 9 heavy (non-hydrogen) atoms. The maximum absolute atomic E-state index is 9.06. The molecule has 1 unspecified atom stereocenters. The summed E-state index contributed by atoms with van der Waals surface area (Å²) in [4.78, 5) is 0. The third kappa shape index (κ3) is 1.41. The highest BCUT2D eigenvalue weighted by molar-refractivity contribution is 4.83. The molecule has 4 N–H and O–H groups in total. The standard InChI is InChI=1S/C6H13NO2/c7-6-4(8)2-1-3-5(6)9/h4-6,8-9H,1-3,7H2/t4-,5+,6?. The second-order valence-corrected chi connectivity index (χ2v) is 2.64. The van der Waals surface area contributed by atoms with Crippen LogP contribution in [0.25, 0.3) is 0 Å². The first-order valence-electron chi connectivity index (χ1n) is 3.33. The number of aliphatic hydroxyl groups is 2. The van der Waals surface area contributed by atoms with E-state index in [1.165, 1.54) is 0 Å². The fourth-order valence-electron chi connectivity index (χ4n) is 1.18. The Kier molecular flexibility index (Phi) is 2.05. The Labute approximate surface area is 54.5 Å². The van der Waals surface area contributed by atoms with Crippen LogP contribution in [0.4, 0.5) is 0 Å². The molecule has 3 nitrogen and oxygen atoms in total. The van der Waals surface area contributed by atoms with Gasteiger partial charge in [0.25, 0.3) is 0 Å². The summed E-state index contributed by atoms with van der Waals surface area (Å²) < 4.78 is 0. The summed E-state index contributed by atoms with van der Waals surface area (Å²) in [7, 11) is 0. The van der Waals surface area contributed by atoms with Crippen molar-refractivity contribution in [2.24, 2.45) is 5.73 Å². The van der Waals surface area contributed by atoms with E-state index in [1.807, 2.05) is 0 Å². The molecule has 0 heterocycles. The van der Waals surface area contributed by atoms with E-state index >= 15 is 0 Å². The van der Waals surface area contributed by atoms with Crippen molar-refractivity contribution in [3.05, 3.63) is 0 Å². The van der Waals surface area contributed by atoms with Crippen molar-refractivity contribution in [2.75, 3.05) is 0 Å². The van der Waals surface area contributed by atoms with Crippen LogP contribution in [0.5, 0.6) is 0 Å². The third-order valence-electron chi connectivity index (χ3n) is 1.89. The molecule has 1 fully saturated rings. The van der Waals surface area contributed by atoms with Crippen LogP contribution in [0, 0.1) is 0 Å². The summed E-state index contributed by atoms with van der Waals surface area (Å²) in [6, 6.07) is -0.418. The van der Waals surface area contributed by atoms with Crippen LogP contribution in [0.1, 0.15) is 19.3 Å². The number of hydrogen-bond acceptors (Lipinski definition) is 3. The molecule has 0 amide bonds. The van der Waals surface area contributed by atoms with E-state index in [4.69, 9.17) is 15.9 Å². The molecule has 0 bridgehead atoms. The van der Waals surface area contributed by atoms with Gasteiger partial charge in [0, 0.05) is 0 Å². The van der Waals surface area contributed by atoms with E-state index in [9.17, 15) is 0 Å². The van der Waals surface area contributed by atoms with Gasteiger partial charge in [-0.3, -0.25) is 0 Å². The molecule has 1 rings (SSSR count). The summed E-state index contributed by atoms with van der Waals surface area (Å²) in [5.74, 6) is 0. The molecule has 3 atom stereocenters. The lowest BCUT2D eigenvalue weighted by atomic mass is 9.91. The summed E-state index contributed by atoms with van der Waals surface area (Å²) in [6.45, 7) is 0. The number of nitrogens with two attached hydrogens (primary N) is 1. The molecular weight excluding hydrogens is 118 g/mol. The van der Waals surface area contributed by atoms with Gasteiger partial charge in [-0.2, -0.15) is 0 Å². The van der Waals surface area contributed by atoms with Crippen molar-refractivity contribution < 1.29 is 10.2 Å². The third-order valence-corrected chi connectivity index (χ3v) is 1.89. The minimum atomic E-state index is -0.492. The zero-order valence-electron chi connectivity index (χ0n) is 5.33. The van der Waals surface area contributed by atoms with Crippen LogP contribution in [0.2, 0.25) is 0 Å². The second kappa shape index (κ2) is 2.64. The maximum atomic E-state index is 9.06. The van der Waals surface area contributed by atoms with Gasteiger partial charge in [-0.05, 0) is 19.3 Å². The summed E-state index contributed by atoms with van der Waals surface area (Å²) in [6.07, 6.45) is 1.37. The molecular formula is C6H13NO2. The smallest absolute Gasteiger partial charge is 0.0716 e. The van der Waals surface area contributed by atoms with Crippen molar-refractivity contribution in [1.29, 1.82) is 0 Å². The molecule has 1 aliphatic carbocycles. The zero-order valence-corrected chi connectivity index (χ0v) is 5.33. The SMILES string of the molecule is NC1[C@H](O)CCC[C@@H]1O. The van der Waals surface area contributed by atoms with Crippen LogP contribution in [-0.2, 0) is 0 Å². The van der Waals surface area contributed by atoms with E-state index in [-0.39, 0.29) is 0 Å². The van der Waals surface area contributed by atoms with Crippen LogP contribution < -0.4 is 5.73 Å². The Bertz CT molecular complexity index is 87.1. The van der Waals surface area contributed by atoms with Gasteiger partial charge in [0.2, 0.25) is 0 Å². The highest BCUT2D eigenvalue weighted by Gasteiger charge is 2.26. The minimum Gasteiger partial charge on any atom is -0.391 e. The quantitative estimate of drug-likeness (QED) is 0.404. The summed E-state index contributed by atoms with van der Waals surface area (Å²) in [5, 5.41) is 18.1. The summed E-state index contributed by atoms with van der Waals surface area (Å²) in [5.41, 5.74) is 5.42. The van der Waals surface area contributed by atoms with E-state index < -0.39 is 18.2 Å². The van der Waals surface area contributed by atoms with E-state index in [2.05, 4.69) is 0 Å². The zero-order chi connectivity index (χ0) is 6.85. The molecule has 0 aliphatic heterocycles. The molecule has 3 heteroatoms. The molecule has 0 radical (unpaired) electrons. The molecule has 0 spiro atoms. The van der Waals surface area contributed by atoms with Crippen molar-refractivity contribution in [3.63, 3.8) is 0 Å². The van der Waals surface area contributed by atoms with Gasteiger partial charge in [-0.15, -0.1) is 0 Å². The van der Waals surface area contributed by atoms with E-state index in [0.29, 0.717) is 0 Å². The Balaban J connectivity index is 2.41. The fraction of sp³-hybridized carbons (Fsp3) is 1.00. The van der Waals surface area contributed by atoms with Crippen LogP contribution in [-0.4, -0.2) is 28.5 Å².